The van der Waals surface area contributed by atoms with Crippen LogP contribution in [-0.2, 0) is 22.4 Å². The zero-order chi connectivity index (χ0) is 24.1. The van der Waals surface area contributed by atoms with Crippen molar-refractivity contribution in [3.63, 3.8) is 0 Å². The number of rotatable bonds is 10. The van der Waals surface area contributed by atoms with E-state index in [1.165, 1.54) is 11.6 Å². The molecular weight excluding hydrogens is 461 g/mol. The summed E-state index contributed by atoms with van der Waals surface area (Å²) >= 11 is 5.89. The molecule has 2 aromatic rings. The van der Waals surface area contributed by atoms with Gasteiger partial charge in [-0.3, -0.25) is 4.79 Å². The molecule has 9 heteroatoms. The van der Waals surface area contributed by atoms with Crippen molar-refractivity contribution in [1.82, 2.24) is 10.3 Å². The summed E-state index contributed by atoms with van der Waals surface area (Å²) < 4.78 is 19.0. The van der Waals surface area contributed by atoms with Gasteiger partial charge in [0.1, 0.15) is 17.7 Å². The standard InChI is InChI=1S/C25H29ClFN3O4/c26-21-14-17(27)5-8-20(21)24(31)30-22(25(32)33)9-11-34-19-12-15(13-19)3-6-18-7-4-16-2-1-10-28-23(16)29-18/h4-5,7-8,14-15,19,22H,1-3,6,9-13H2,(H,28,29)(H,30,31)(H,32,33)/t15?,19?,22-/m0/s1. The largest absolute Gasteiger partial charge is 0.480 e. The maximum absolute atomic E-state index is 13.2. The van der Waals surface area contributed by atoms with Crippen LogP contribution in [0.3, 0.4) is 0 Å². The fourth-order valence-electron chi connectivity index (χ4n) is 4.43. The Kier molecular flexibility index (Phi) is 8.00. The highest BCUT2D eigenvalue weighted by atomic mass is 35.5. The van der Waals surface area contributed by atoms with Crippen molar-refractivity contribution in [2.75, 3.05) is 18.5 Å². The van der Waals surface area contributed by atoms with E-state index in [-0.39, 0.29) is 29.7 Å². The third-order valence-corrected chi connectivity index (χ3v) is 6.80. The van der Waals surface area contributed by atoms with Crippen LogP contribution in [0.5, 0.6) is 0 Å². The van der Waals surface area contributed by atoms with Gasteiger partial charge in [0.15, 0.2) is 0 Å². The summed E-state index contributed by atoms with van der Waals surface area (Å²) in [4.78, 5) is 28.6. The number of anilines is 1. The van der Waals surface area contributed by atoms with Gasteiger partial charge in [-0.15, -0.1) is 0 Å². The molecule has 0 radical (unpaired) electrons. The molecule has 1 aliphatic carbocycles. The molecule has 0 spiro atoms. The Morgan fingerprint density at radius 2 is 2.12 bits per heavy atom. The van der Waals surface area contributed by atoms with Crippen LogP contribution in [0.4, 0.5) is 10.2 Å². The first-order chi connectivity index (χ1) is 16.4. The molecule has 1 aromatic carbocycles. The molecule has 182 valence electrons. The summed E-state index contributed by atoms with van der Waals surface area (Å²) in [6.45, 7) is 1.21. The lowest BCUT2D eigenvalue weighted by Crippen LogP contribution is -2.42. The SMILES string of the molecule is O=C(N[C@@H](CCOC1CC(CCc2ccc3c(n2)NCCC3)C1)C(=O)O)c1ccc(F)cc1Cl. The molecule has 34 heavy (non-hydrogen) atoms. The van der Waals surface area contributed by atoms with Crippen molar-refractivity contribution < 1.29 is 23.8 Å². The average Bonchev–Trinajstić information content (AvgIpc) is 2.78. The van der Waals surface area contributed by atoms with Crippen molar-refractivity contribution in [3.05, 3.63) is 58.0 Å². The number of halogens is 2. The van der Waals surface area contributed by atoms with Crippen LogP contribution in [0, 0.1) is 11.7 Å². The van der Waals surface area contributed by atoms with Gasteiger partial charge in [0.25, 0.3) is 5.91 Å². The number of aryl methyl sites for hydroxylation is 2. The lowest BCUT2D eigenvalue weighted by atomic mass is 9.79. The first-order valence-corrected chi connectivity index (χ1v) is 12.1. The molecular formula is C25H29ClFN3O4. The Morgan fingerprint density at radius 3 is 2.88 bits per heavy atom. The highest BCUT2D eigenvalue weighted by Gasteiger charge is 2.30. The van der Waals surface area contributed by atoms with E-state index < -0.39 is 23.7 Å². The van der Waals surface area contributed by atoms with Crippen molar-refractivity contribution >= 4 is 29.3 Å². The molecule has 0 saturated heterocycles. The zero-order valence-corrected chi connectivity index (χ0v) is 19.6. The van der Waals surface area contributed by atoms with Gasteiger partial charge in [0, 0.05) is 25.3 Å². The number of nitrogens with zero attached hydrogens (tertiary/aromatic N) is 1. The third-order valence-electron chi connectivity index (χ3n) is 6.49. The number of pyridine rings is 1. The van der Waals surface area contributed by atoms with Gasteiger partial charge < -0.3 is 20.5 Å². The monoisotopic (exact) mass is 489 g/mol. The number of ether oxygens (including phenoxy) is 1. The van der Waals surface area contributed by atoms with Crippen molar-refractivity contribution in [2.24, 2.45) is 5.92 Å². The van der Waals surface area contributed by atoms with E-state index in [0.29, 0.717) is 5.92 Å². The number of fused-ring (bicyclic) bond motifs is 1. The Balaban J connectivity index is 1.16. The van der Waals surface area contributed by atoms with Crippen LogP contribution < -0.4 is 10.6 Å². The number of aromatic nitrogens is 1. The van der Waals surface area contributed by atoms with E-state index in [9.17, 15) is 19.1 Å². The minimum Gasteiger partial charge on any atom is -0.480 e. The quantitative estimate of drug-likeness (QED) is 0.461. The van der Waals surface area contributed by atoms with Gasteiger partial charge in [0.2, 0.25) is 0 Å². The summed E-state index contributed by atoms with van der Waals surface area (Å²) in [5, 5.41) is 15.2. The molecule has 1 amide bonds. The first kappa shape index (κ1) is 24.4. The van der Waals surface area contributed by atoms with Crippen molar-refractivity contribution in [1.29, 1.82) is 0 Å². The lowest BCUT2D eigenvalue weighted by Gasteiger charge is -2.35. The first-order valence-electron chi connectivity index (χ1n) is 11.7. The number of nitrogens with one attached hydrogen (secondary N) is 2. The second-order valence-corrected chi connectivity index (χ2v) is 9.39. The van der Waals surface area contributed by atoms with Gasteiger partial charge in [-0.1, -0.05) is 17.7 Å². The van der Waals surface area contributed by atoms with Crippen LogP contribution in [0.1, 0.15) is 53.7 Å². The molecule has 7 nitrogen and oxygen atoms in total. The van der Waals surface area contributed by atoms with Gasteiger partial charge in [-0.2, -0.15) is 0 Å². The summed E-state index contributed by atoms with van der Waals surface area (Å²) in [5.41, 5.74) is 2.43. The molecule has 1 saturated carbocycles. The maximum Gasteiger partial charge on any atom is 0.326 e. The zero-order valence-electron chi connectivity index (χ0n) is 18.9. The average molecular weight is 490 g/mol. The molecule has 1 aromatic heterocycles. The summed E-state index contributed by atoms with van der Waals surface area (Å²) in [6, 6.07) is 6.53. The second kappa shape index (κ2) is 11.1. The molecule has 4 rings (SSSR count). The van der Waals surface area contributed by atoms with Crippen LogP contribution in [0.15, 0.2) is 30.3 Å². The van der Waals surface area contributed by atoms with E-state index in [1.54, 1.807) is 0 Å². The van der Waals surface area contributed by atoms with Crippen LogP contribution in [0.25, 0.3) is 0 Å². The number of hydrogen-bond donors (Lipinski definition) is 3. The van der Waals surface area contributed by atoms with E-state index >= 15 is 0 Å². The second-order valence-electron chi connectivity index (χ2n) is 8.99. The minimum atomic E-state index is -1.16. The normalized spacial score (nSPS) is 19.9. The van der Waals surface area contributed by atoms with Crippen LogP contribution in [-0.4, -0.2) is 47.3 Å². The number of benzene rings is 1. The van der Waals surface area contributed by atoms with Crippen molar-refractivity contribution in [2.45, 2.75) is 57.1 Å². The number of carboxylic acids is 1. The Bertz CT molecular complexity index is 1040. The summed E-state index contributed by atoms with van der Waals surface area (Å²) in [5.74, 6) is -0.785. The molecule has 1 aliphatic heterocycles. The maximum atomic E-state index is 13.2. The number of carbonyl (C=O) groups excluding carboxylic acids is 1. The van der Waals surface area contributed by atoms with Gasteiger partial charge in [-0.25, -0.2) is 14.2 Å². The third kappa shape index (κ3) is 6.24. The van der Waals surface area contributed by atoms with Crippen LogP contribution in [0.2, 0.25) is 5.02 Å². The number of amides is 1. The molecule has 0 unspecified atom stereocenters. The smallest absolute Gasteiger partial charge is 0.326 e. The fraction of sp³-hybridized carbons (Fsp3) is 0.480. The lowest BCUT2D eigenvalue weighted by molar-refractivity contribution is -0.140. The van der Waals surface area contributed by atoms with Gasteiger partial charge in [0.05, 0.1) is 16.7 Å². The van der Waals surface area contributed by atoms with Crippen molar-refractivity contribution in [3.8, 4) is 0 Å². The highest BCUT2D eigenvalue weighted by molar-refractivity contribution is 6.33. The number of carbonyl (C=O) groups is 2. The summed E-state index contributed by atoms with van der Waals surface area (Å²) in [7, 11) is 0. The van der Waals surface area contributed by atoms with E-state index in [4.69, 9.17) is 21.3 Å². The molecule has 3 N–H and O–H groups in total. The van der Waals surface area contributed by atoms with Gasteiger partial charge >= 0.3 is 5.97 Å². The van der Waals surface area contributed by atoms with E-state index in [1.807, 2.05) is 0 Å². The summed E-state index contributed by atoms with van der Waals surface area (Å²) in [6.07, 6.45) is 6.36. The molecule has 2 aliphatic rings. The highest BCUT2D eigenvalue weighted by Crippen LogP contribution is 2.34. The minimum absolute atomic E-state index is 0.0290. The Labute approximate surface area is 203 Å². The number of carboxylic acid groups (broad SMARTS) is 1. The Morgan fingerprint density at radius 1 is 1.29 bits per heavy atom. The predicted octanol–water partition coefficient (Wildman–Crippen LogP) is 4.23. The topological polar surface area (TPSA) is 101 Å². The van der Waals surface area contributed by atoms with E-state index in [0.717, 1.165) is 68.7 Å². The number of hydrogen-bond acceptors (Lipinski definition) is 5. The molecule has 1 atom stereocenters. The molecule has 1 fully saturated rings. The molecule has 0 bridgehead atoms. The Hall–Kier alpha value is -2.71. The fourth-order valence-corrected chi connectivity index (χ4v) is 4.68. The van der Waals surface area contributed by atoms with Gasteiger partial charge in [-0.05, 0) is 74.3 Å². The predicted molar refractivity (Wildman–Crippen MR) is 127 cm³/mol. The van der Waals surface area contributed by atoms with E-state index in [2.05, 4.69) is 22.8 Å². The number of aliphatic carboxylic acids is 1. The van der Waals surface area contributed by atoms with Crippen LogP contribution >= 0.6 is 11.6 Å². The molecule has 2 heterocycles.